The molecule has 0 aliphatic heterocycles. The Balaban J connectivity index is 2.11. The van der Waals surface area contributed by atoms with Gasteiger partial charge in [0.25, 0.3) is 11.4 Å². The first kappa shape index (κ1) is 20.6. The van der Waals surface area contributed by atoms with Gasteiger partial charge in [-0.1, -0.05) is 18.5 Å². The SMILES string of the molecule is CCCOc1ncccc1Oc1cc(-n2c(=O)cc(C)n(C)c2=O)c(F)cc1Cl. The van der Waals surface area contributed by atoms with Crippen LogP contribution in [0.2, 0.25) is 5.02 Å². The molecule has 0 saturated carbocycles. The van der Waals surface area contributed by atoms with Crippen LogP contribution in [-0.4, -0.2) is 20.7 Å². The molecule has 0 atom stereocenters. The predicted octanol–water partition coefficient (Wildman–Crippen LogP) is 3.61. The fraction of sp³-hybridized carbons (Fsp3) is 0.250. The molecule has 7 nitrogen and oxygen atoms in total. The molecule has 3 aromatic rings. The highest BCUT2D eigenvalue weighted by atomic mass is 35.5. The van der Waals surface area contributed by atoms with Crippen molar-refractivity contribution < 1.29 is 13.9 Å². The average molecular weight is 420 g/mol. The van der Waals surface area contributed by atoms with Gasteiger partial charge < -0.3 is 14.0 Å². The van der Waals surface area contributed by atoms with Gasteiger partial charge in [-0.15, -0.1) is 0 Å². The van der Waals surface area contributed by atoms with E-state index in [9.17, 15) is 14.0 Å². The molecule has 2 heterocycles. The molecule has 9 heteroatoms. The number of nitrogens with zero attached hydrogens (tertiary/aromatic N) is 3. The summed E-state index contributed by atoms with van der Waals surface area (Å²) >= 11 is 6.13. The Morgan fingerprint density at radius 3 is 2.69 bits per heavy atom. The molecule has 0 bridgehead atoms. The second kappa shape index (κ2) is 8.48. The first-order valence-corrected chi connectivity index (χ1v) is 9.26. The summed E-state index contributed by atoms with van der Waals surface area (Å²) < 4.78 is 27.9. The molecule has 0 spiro atoms. The van der Waals surface area contributed by atoms with Crippen LogP contribution in [0, 0.1) is 12.7 Å². The van der Waals surface area contributed by atoms with Crippen LogP contribution in [0.4, 0.5) is 4.39 Å². The zero-order valence-corrected chi connectivity index (χ0v) is 16.9. The molecule has 0 amide bonds. The van der Waals surface area contributed by atoms with E-state index in [1.807, 2.05) is 6.92 Å². The standard InChI is InChI=1S/C20H19ClFN3O4/c1-4-8-28-19-16(6-5-7-23-19)29-17-11-15(14(22)10-13(17)21)25-18(26)9-12(2)24(3)20(25)27/h5-7,9-11H,4,8H2,1-3H3. The van der Waals surface area contributed by atoms with Crippen LogP contribution in [0.25, 0.3) is 5.69 Å². The highest BCUT2D eigenvalue weighted by Gasteiger charge is 2.18. The molecule has 0 unspecified atom stereocenters. The summed E-state index contributed by atoms with van der Waals surface area (Å²) in [5, 5.41) is -0.0338. The number of rotatable bonds is 6. The van der Waals surface area contributed by atoms with Gasteiger partial charge in [-0.3, -0.25) is 4.79 Å². The van der Waals surface area contributed by atoms with E-state index in [4.69, 9.17) is 21.1 Å². The van der Waals surface area contributed by atoms with Crippen LogP contribution in [-0.2, 0) is 7.05 Å². The lowest BCUT2D eigenvalue weighted by Gasteiger charge is -2.14. The zero-order valence-electron chi connectivity index (χ0n) is 16.1. The van der Waals surface area contributed by atoms with Crippen LogP contribution in [0.15, 0.2) is 46.1 Å². The zero-order chi connectivity index (χ0) is 21.1. The summed E-state index contributed by atoms with van der Waals surface area (Å²) in [6.45, 7) is 4.00. The Morgan fingerprint density at radius 1 is 1.21 bits per heavy atom. The lowest BCUT2D eigenvalue weighted by molar-refractivity contribution is 0.289. The van der Waals surface area contributed by atoms with Crippen molar-refractivity contribution in [3.8, 4) is 23.1 Å². The minimum absolute atomic E-state index is 0.0338. The predicted molar refractivity (Wildman–Crippen MR) is 107 cm³/mol. The largest absolute Gasteiger partial charge is 0.475 e. The van der Waals surface area contributed by atoms with E-state index in [1.165, 1.54) is 23.7 Å². The number of hydrogen-bond acceptors (Lipinski definition) is 5. The van der Waals surface area contributed by atoms with Crippen LogP contribution in [0.3, 0.4) is 0 Å². The quantitative estimate of drug-likeness (QED) is 0.610. The number of ether oxygens (including phenoxy) is 2. The van der Waals surface area contributed by atoms with E-state index in [-0.39, 0.29) is 28.1 Å². The fourth-order valence-corrected chi connectivity index (χ4v) is 2.79. The third-order valence-electron chi connectivity index (χ3n) is 4.20. The second-order valence-corrected chi connectivity index (χ2v) is 6.70. The van der Waals surface area contributed by atoms with Gasteiger partial charge in [-0.2, -0.15) is 0 Å². The van der Waals surface area contributed by atoms with Crippen molar-refractivity contribution in [1.82, 2.24) is 14.1 Å². The molecule has 0 aliphatic rings. The van der Waals surface area contributed by atoms with Gasteiger partial charge in [0.15, 0.2) is 5.75 Å². The average Bonchev–Trinajstić information content (AvgIpc) is 2.68. The Hall–Kier alpha value is -3.13. The number of halogens is 2. The third-order valence-corrected chi connectivity index (χ3v) is 4.50. The highest BCUT2D eigenvalue weighted by Crippen LogP contribution is 2.35. The number of pyridine rings is 1. The maximum Gasteiger partial charge on any atom is 0.335 e. The molecular formula is C20H19ClFN3O4. The maximum absolute atomic E-state index is 14.6. The Kier molecular flexibility index (Phi) is 6.03. The number of aryl methyl sites for hydroxylation is 1. The van der Waals surface area contributed by atoms with Gasteiger partial charge in [-0.25, -0.2) is 18.7 Å². The molecular weight excluding hydrogens is 401 g/mol. The molecule has 2 aromatic heterocycles. The van der Waals surface area contributed by atoms with Crippen molar-refractivity contribution >= 4 is 11.6 Å². The second-order valence-electron chi connectivity index (χ2n) is 6.29. The van der Waals surface area contributed by atoms with Gasteiger partial charge in [-0.05, 0) is 31.5 Å². The van der Waals surface area contributed by atoms with Gasteiger partial charge in [0, 0.05) is 31.1 Å². The van der Waals surface area contributed by atoms with Gasteiger partial charge >= 0.3 is 5.69 Å². The number of benzene rings is 1. The van der Waals surface area contributed by atoms with Crippen LogP contribution in [0.1, 0.15) is 19.0 Å². The first-order chi connectivity index (χ1) is 13.8. The minimum atomic E-state index is -0.834. The van der Waals surface area contributed by atoms with E-state index in [0.29, 0.717) is 12.3 Å². The van der Waals surface area contributed by atoms with E-state index >= 15 is 0 Å². The van der Waals surface area contributed by atoms with Crippen molar-refractivity contribution in [2.75, 3.05) is 6.61 Å². The summed E-state index contributed by atoms with van der Waals surface area (Å²) in [4.78, 5) is 29.0. The highest BCUT2D eigenvalue weighted by molar-refractivity contribution is 6.32. The summed E-state index contributed by atoms with van der Waals surface area (Å²) in [6.07, 6.45) is 2.32. The third kappa shape index (κ3) is 4.17. The number of hydrogen-bond donors (Lipinski definition) is 0. The van der Waals surface area contributed by atoms with E-state index in [0.717, 1.165) is 17.1 Å². The van der Waals surface area contributed by atoms with Gasteiger partial charge in [0.1, 0.15) is 11.6 Å². The Bertz CT molecular complexity index is 1170. The Morgan fingerprint density at radius 2 is 1.97 bits per heavy atom. The van der Waals surface area contributed by atoms with E-state index in [1.54, 1.807) is 25.3 Å². The van der Waals surface area contributed by atoms with Crippen LogP contribution in [0.5, 0.6) is 17.4 Å². The van der Waals surface area contributed by atoms with Crippen molar-refractivity contribution in [3.05, 3.63) is 73.9 Å². The summed E-state index contributed by atoms with van der Waals surface area (Å²) in [5.74, 6) is -0.268. The van der Waals surface area contributed by atoms with Gasteiger partial charge in [0.05, 0.1) is 17.3 Å². The molecule has 0 saturated heterocycles. The molecule has 152 valence electrons. The van der Waals surface area contributed by atoms with Crippen molar-refractivity contribution in [1.29, 1.82) is 0 Å². The monoisotopic (exact) mass is 419 g/mol. The smallest absolute Gasteiger partial charge is 0.335 e. The van der Waals surface area contributed by atoms with Crippen LogP contribution < -0.4 is 20.7 Å². The normalized spacial score (nSPS) is 10.8. The lowest BCUT2D eigenvalue weighted by Crippen LogP contribution is -2.38. The summed E-state index contributed by atoms with van der Waals surface area (Å²) in [7, 11) is 1.49. The van der Waals surface area contributed by atoms with Crippen molar-refractivity contribution in [3.63, 3.8) is 0 Å². The summed E-state index contributed by atoms with van der Waals surface area (Å²) in [6, 6.07) is 6.70. The minimum Gasteiger partial charge on any atom is -0.475 e. The summed E-state index contributed by atoms with van der Waals surface area (Å²) in [5.41, 5.74) is -1.16. The first-order valence-electron chi connectivity index (χ1n) is 8.88. The van der Waals surface area contributed by atoms with E-state index < -0.39 is 17.1 Å². The molecule has 0 fully saturated rings. The molecule has 0 aliphatic carbocycles. The molecule has 0 radical (unpaired) electrons. The topological polar surface area (TPSA) is 75.3 Å². The van der Waals surface area contributed by atoms with E-state index in [2.05, 4.69) is 4.98 Å². The van der Waals surface area contributed by atoms with Crippen molar-refractivity contribution in [2.24, 2.45) is 7.05 Å². The maximum atomic E-state index is 14.6. The lowest BCUT2D eigenvalue weighted by atomic mass is 10.2. The molecule has 3 rings (SSSR count). The van der Waals surface area contributed by atoms with Crippen LogP contribution >= 0.6 is 11.6 Å². The Labute approximate surface area is 170 Å². The molecule has 0 N–H and O–H groups in total. The number of aromatic nitrogens is 3. The fourth-order valence-electron chi connectivity index (χ4n) is 2.60. The van der Waals surface area contributed by atoms with Gasteiger partial charge in [0.2, 0.25) is 0 Å². The molecule has 1 aromatic carbocycles. The van der Waals surface area contributed by atoms with Crippen molar-refractivity contribution in [2.45, 2.75) is 20.3 Å². The molecule has 29 heavy (non-hydrogen) atoms.